The summed E-state index contributed by atoms with van der Waals surface area (Å²) in [4.78, 5) is 11.8. The summed E-state index contributed by atoms with van der Waals surface area (Å²) in [5, 5.41) is 3.24. The van der Waals surface area contributed by atoms with E-state index in [-0.39, 0.29) is 10.8 Å². The Hall–Kier alpha value is -0.930. The van der Waals surface area contributed by atoms with E-state index in [1.807, 2.05) is 0 Å². The first-order valence-electron chi connectivity index (χ1n) is 5.23. The highest BCUT2D eigenvalue weighted by Gasteiger charge is 2.40. The average Bonchev–Trinajstić information content (AvgIpc) is 2.72. The van der Waals surface area contributed by atoms with Crippen molar-refractivity contribution in [3.8, 4) is 0 Å². The van der Waals surface area contributed by atoms with Gasteiger partial charge < -0.3 is 5.32 Å². The molecule has 0 spiro atoms. The normalized spacial score (nSPS) is 24.7. The number of rotatable bonds is 2. The molecule has 0 radical (unpaired) electrons. The van der Waals surface area contributed by atoms with Crippen molar-refractivity contribution in [2.75, 3.05) is 13.1 Å². The number of hydrogen-bond donors (Lipinski definition) is 1. The first kappa shape index (κ1) is 11.6. The molecule has 0 aliphatic carbocycles. The van der Waals surface area contributed by atoms with E-state index in [1.165, 1.54) is 12.1 Å². The van der Waals surface area contributed by atoms with E-state index in [0.29, 0.717) is 18.5 Å². The van der Waals surface area contributed by atoms with Crippen molar-refractivity contribution in [3.05, 3.63) is 34.6 Å². The van der Waals surface area contributed by atoms with Crippen molar-refractivity contribution >= 4 is 17.4 Å². The molecule has 2 nitrogen and oxygen atoms in total. The number of benzene rings is 1. The van der Waals surface area contributed by atoms with Crippen LogP contribution >= 0.6 is 11.6 Å². The minimum atomic E-state index is -0.578. The van der Waals surface area contributed by atoms with Crippen LogP contribution in [0.5, 0.6) is 0 Å². The molecule has 1 unspecified atom stereocenters. The molecule has 1 heterocycles. The molecule has 0 saturated carbocycles. The summed E-state index contributed by atoms with van der Waals surface area (Å²) in [5.41, 5.74) is 0.137. The molecular weight excluding hydrogens is 229 g/mol. The Labute approximate surface area is 98.8 Å². The zero-order valence-corrected chi connectivity index (χ0v) is 9.77. The van der Waals surface area contributed by atoms with Crippen molar-refractivity contribution in [3.63, 3.8) is 0 Å². The number of carbonyl (C=O) groups is 1. The second-order valence-electron chi connectivity index (χ2n) is 4.19. The maximum Gasteiger partial charge on any atom is 0.142 e. The van der Waals surface area contributed by atoms with Gasteiger partial charge in [-0.25, -0.2) is 4.39 Å². The minimum absolute atomic E-state index is 0.0687. The topological polar surface area (TPSA) is 29.1 Å². The van der Waals surface area contributed by atoms with Gasteiger partial charge in [-0.05, 0) is 37.6 Å². The molecule has 1 fully saturated rings. The van der Waals surface area contributed by atoms with E-state index in [4.69, 9.17) is 11.6 Å². The van der Waals surface area contributed by atoms with E-state index in [0.717, 1.165) is 6.54 Å². The molecular formula is C12H13ClFNO. The first-order valence-corrected chi connectivity index (χ1v) is 5.61. The van der Waals surface area contributed by atoms with Crippen LogP contribution < -0.4 is 5.32 Å². The molecule has 0 bridgehead atoms. The van der Waals surface area contributed by atoms with E-state index in [9.17, 15) is 9.18 Å². The van der Waals surface area contributed by atoms with Gasteiger partial charge in [0.1, 0.15) is 11.6 Å². The SMILES string of the molecule is CC(=O)C1(c2ccc(Cl)c(F)c2)CCNC1. The number of halogens is 2. The Morgan fingerprint density at radius 1 is 1.56 bits per heavy atom. The van der Waals surface area contributed by atoms with Crippen LogP contribution in [0.15, 0.2) is 18.2 Å². The fourth-order valence-corrected chi connectivity index (χ4v) is 2.35. The van der Waals surface area contributed by atoms with Crippen LogP contribution in [0.4, 0.5) is 4.39 Å². The van der Waals surface area contributed by atoms with Crippen LogP contribution in [-0.2, 0) is 10.2 Å². The molecule has 1 aliphatic heterocycles. The van der Waals surface area contributed by atoms with Gasteiger partial charge >= 0.3 is 0 Å². The van der Waals surface area contributed by atoms with E-state index in [2.05, 4.69) is 5.32 Å². The van der Waals surface area contributed by atoms with Crippen molar-refractivity contribution in [1.82, 2.24) is 5.32 Å². The summed E-state index contributed by atoms with van der Waals surface area (Å²) in [6.07, 6.45) is 0.712. The zero-order chi connectivity index (χ0) is 11.8. The van der Waals surface area contributed by atoms with Crippen LogP contribution in [0.2, 0.25) is 5.02 Å². The van der Waals surface area contributed by atoms with Crippen LogP contribution in [0, 0.1) is 5.82 Å². The maximum atomic E-state index is 13.4. The highest BCUT2D eigenvalue weighted by atomic mass is 35.5. The van der Waals surface area contributed by atoms with Gasteiger partial charge in [0.25, 0.3) is 0 Å². The number of nitrogens with one attached hydrogen (secondary N) is 1. The van der Waals surface area contributed by atoms with Gasteiger partial charge in [0, 0.05) is 6.54 Å². The fourth-order valence-electron chi connectivity index (χ4n) is 2.24. The monoisotopic (exact) mass is 241 g/mol. The molecule has 1 saturated heterocycles. The third-order valence-corrected chi connectivity index (χ3v) is 3.61. The molecule has 1 aliphatic rings. The Kier molecular flexibility index (Phi) is 3.00. The Balaban J connectivity index is 2.47. The molecule has 86 valence electrons. The predicted molar refractivity (Wildman–Crippen MR) is 61.3 cm³/mol. The van der Waals surface area contributed by atoms with Crippen LogP contribution in [0.1, 0.15) is 18.9 Å². The maximum absolute atomic E-state index is 13.4. The first-order chi connectivity index (χ1) is 7.56. The summed E-state index contributed by atoms with van der Waals surface area (Å²) in [5.74, 6) is -0.397. The average molecular weight is 242 g/mol. The van der Waals surface area contributed by atoms with E-state index in [1.54, 1.807) is 13.0 Å². The summed E-state index contributed by atoms with van der Waals surface area (Å²) in [6, 6.07) is 4.62. The van der Waals surface area contributed by atoms with E-state index >= 15 is 0 Å². The lowest BCUT2D eigenvalue weighted by Crippen LogP contribution is -2.36. The second-order valence-corrected chi connectivity index (χ2v) is 4.60. The standard InChI is InChI=1S/C12H13ClFNO/c1-8(16)12(4-5-15-7-12)9-2-3-10(13)11(14)6-9/h2-3,6,15H,4-5,7H2,1H3. The van der Waals surface area contributed by atoms with Gasteiger partial charge in [0.15, 0.2) is 0 Å². The van der Waals surface area contributed by atoms with Gasteiger partial charge in [-0.1, -0.05) is 17.7 Å². The highest BCUT2D eigenvalue weighted by Crippen LogP contribution is 2.33. The van der Waals surface area contributed by atoms with Crippen molar-refractivity contribution < 1.29 is 9.18 Å². The highest BCUT2D eigenvalue weighted by molar-refractivity contribution is 6.30. The molecule has 1 aromatic rings. The predicted octanol–water partition coefficient (Wildman–Crippen LogP) is 2.30. The number of carbonyl (C=O) groups excluding carboxylic acids is 1. The molecule has 4 heteroatoms. The lowest BCUT2D eigenvalue weighted by Gasteiger charge is -2.25. The smallest absolute Gasteiger partial charge is 0.142 e. The van der Waals surface area contributed by atoms with Crippen LogP contribution in [-0.4, -0.2) is 18.9 Å². The molecule has 1 aromatic carbocycles. The van der Waals surface area contributed by atoms with Crippen molar-refractivity contribution in [2.24, 2.45) is 0 Å². The molecule has 0 amide bonds. The Bertz CT molecular complexity index is 427. The molecule has 1 atom stereocenters. The number of ketones is 1. The van der Waals surface area contributed by atoms with Crippen molar-refractivity contribution in [1.29, 1.82) is 0 Å². The summed E-state index contributed by atoms with van der Waals surface area (Å²) in [7, 11) is 0. The van der Waals surface area contributed by atoms with E-state index < -0.39 is 11.2 Å². The summed E-state index contributed by atoms with van der Waals surface area (Å²) < 4.78 is 13.4. The second kappa shape index (κ2) is 4.15. The van der Waals surface area contributed by atoms with Gasteiger partial charge in [-0.15, -0.1) is 0 Å². The van der Waals surface area contributed by atoms with Gasteiger partial charge in [0.2, 0.25) is 0 Å². The lowest BCUT2D eigenvalue weighted by atomic mass is 9.76. The third-order valence-electron chi connectivity index (χ3n) is 3.30. The van der Waals surface area contributed by atoms with Crippen LogP contribution in [0.25, 0.3) is 0 Å². The summed E-state index contributed by atoms with van der Waals surface area (Å²) >= 11 is 5.64. The largest absolute Gasteiger partial charge is 0.315 e. The zero-order valence-electron chi connectivity index (χ0n) is 9.02. The Morgan fingerprint density at radius 2 is 2.31 bits per heavy atom. The lowest BCUT2D eigenvalue weighted by molar-refractivity contribution is -0.121. The van der Waals surface area contributed by atoms with Gasteiger partial charge in [-0.3, -0.25) is 4.79 Å². The molecule has 2 rings (SSSR count). The quantitative estimate of drug-likeness (QED) is 0.861. The minimum Gasteiger partial charge on any atom is -0.315 e. The number of hydrogen-bond acceptors (Lipinski definition) is 2. The van der Waals surface area contributed by atoms with Crippen molar-refractivity contribution in [2.45, 2.75) is 18.8 Å². The van der Waals surface area contributed by atoms with Crippen LogP contribution in [0.3, 0.4) is 0 Å². The van der Waals surface area contributed by atoms with Gasteiger partial charge in [0.05, 0.1) is 10.4 Å². The van der Waals surface area contributed by atoms with Gasteiger partial charge in [-0.2, -0.15) is 0 Å². The third kappa shape index (κ3) is 1.74. The summed E-state index contributed by atoms with van der Waals surface area (Å²) in [6.45, 7) is 2.91. The fraction of sp³-hybridized carbons (Fsp3) is 0.417. The molecule has 0 aromatic heterocycles. The number of Topliss-reactive ketones (excluding diaryl/α,β-unsaturated/α-hetero) is 1. The molecule has 1 N–H and O–H groups in total. The Morgan fingerprint density at radius 3 is 2.81 bits per heavy atom. The molecule has 16 heavy (non-hydrogen) atoms.